The molecule has 0 atom stereocenters. The van der Waals surface area contributed by atoms with Crippen molar-refractivity contribution < 1.29 is 4.42 Å². The normalized spacial score (nSPS) is 12.1. The Kier molecular flexibility index (Phi) is 4.95. The molecule has 0 unspecified atom stereocenters. The van der Waals surface area contributed by atoms with Gasteiger partial charge >= 0.3 is 0 Å². The lowest BCUT2D eigenvalue weighted by atomic mass is 10.3. The van der Waals surface area contributed by atoms with E-state index in [9.17, 15) is 0 Å². The Bertz CT molecular complexity index is 369. The Hall–Kier alpha value is -1.83. The van der Waals surface area contributed by atoms with Crippen LogP contribution in [0.2, 0.25) is 0 Å². The Morgan fingerprint density at radius 3 is 3.07 bits per heavy atom. The van der Waals surface area contributed by atoms with Gasteiger partial charge in [0.15, 0.2) is 0 Å². The van der Waals surface area contributed by atoms with Gasteiger partial charge in [-0.3, -0.25) is 4.99 Å². The van der Waals surface area contributed by atoms with Crippen LogP contribution in [0.25, 0.3) is 0 Å². The van der Waals surface area contributed by atoms with E-state index < -0.39 is 0 Å². The fourth-order valence-corrected chi connectivity index (χ4v) is 0.973. The van der Waals surface area contributed by atoms with E-state index in [1.165, 1.54) is 0 Å². The number of hydrogen-bond acceptors (Lipinski definition) is 2. The molecular formula is C13H15NO. The van der Waals surface area contributed by atoms with Gasteiger partial charge in [-0.25, -0.2) is 0 Å². The monoisotopic (exact) mass is 201 g/mol. The molecule has 0 radical (unpaired) electrons. The first-order valence-electron chi connectivity index (χ1n) is 4.83. The first-order valence-corrected chi connectivity index (χ1v) is 4.83. The number of furan rings is 1. The minimum atomic E-state index is 0.592. The maximum Gasteiger partial charge on any atom is 0.144 e. The van der Waals surface area contributed by atoms with Gasteiger partial charge in [-0.2, -0.15) is 0 Å². The van der Waals surface area contributed by atoms with Gasteiger partial charge in [-0.15, -0.1) is 0 Å². The molecule has 0 N–H and O–H groups in total. The van der Waals surface area contributed by atoms with Gasteiger partial charge in [-0.1, -0.05) is 30.9 Å². The highest BCUT2D eigenvalue weighted by molar-refractivity contribution is 5.75. The standard InChI is InChI=1S/C13H15NO/c1-3-4-5-7-12(2)10-14-11-13-8-6-9-15-13/h3-9,11H,2,10H2,1H3. The molecule has 0 amide bonds. The fraction of sp³-hybridized carbons (Fsp3) is 0.154. The Morgan fingerprint density at radius 2 is 2.40 bits per heavy atom. The molecule has 15 heavy (non-hydrogen) atoms. The average Bonchev–Trinajstić information content (AvgIpc) is 2.71. The fourth-order valence-electron chi connectivity index (χ4n) is 0.973. The summed E-state index contributed by atoms with van der Waals surface area (Å²) in [6.07, 6.45) is 11.2. The lowest BCUT2D eigenvalue weighted by molar-refractivity contribution is 0.560. The molecule has 2 nitrogen and oxygen atoms in total. The minimum Gasteiger partial charge on any atom is -0.463 e. The predicted octanol–water partition coefficient (Wildman–Crippen LogP) is 3.39. The van der Waals surface area contributed by atoms with Crippen molar-refractivity contribution in [2.75, 3.05) is 6.54 Å². The Labute approximate surface area is 90.3 Å². The van der Waals surface area contributed by atoms with Gasteiger partial charge in [0.2, 0.25) is 0 Å². The molecule has 0 aliphatic heterocycles. The van der Waals surface area contributed by atoms with Gasteiger partial charge in [-0.05, 0) is 24.6 Å². The van der Waals surface area contributed by atoms with Crippen LogP contribution in [0.4, 0.5) is 0 Å². The van der Waals surface area contributed by atoms with E-state index in [0.717, 1.165) is 11.3 Å². The predicted molar refractivity (Wildman–Crippen MR) is 64.3 cm³/mol. The highest BCUT2D eigenvalue weighted by Crippen LogP contribution is 1.98. The molecule has 2 heteroatoms. The lowest BCUT2D eigenvalue weighted by Crippen LogP contribution is -1.84. The van der Waals surface area contributed by atoms with Crippen molar-refractivity contribution in [1.82, 2.24) is 0 Å². The van der Waals surface area contributed by atoms with Crippen molar-refractivity contribution in [3.8, 4) is 0 Å². The minimum absolute atomic E-state index is 0.592. The van der Waals surface area contributed by atoms with Crippen LogP contribution in [0.15, 0.2) is 64.3 Å². The van der Waals surface area contributed by atoms with E-state index in [2.05, 4.69) is 11.6 Å². The summed E-state index contributed by atoms with van der Waals surface area (Å²) in [6, 6.07) is 3.70. The highest BCUT2D eigenvalue weighted by Gasteiger charge is 1.88. The summed E-state index contributed by atoms with van der Waals surface area (Å²) in [5, 5.41) is 0. The molecule has 1 heterocycles. The molecule has 0 saturated heterocycles. The van der Waals surface area contributed by atoms with Gasteiger partial charge in [0.05, 0.1) is 19.0 Å². The summed E-state index contributed by atoms with van der Waals surface area (Å²) in [4.78, 5) is 4.20. The smallest absolute Gasteiger partial charge is 0.144 e. The van der Waals surface area contributed by atoms with Crippen LogP contribution in [-0.4, -0.2) is 12.8 Å². The quantitative estimate of drug-likeness (QED) is 0.529. The van der Waals surface area contributed by atoms with Crippen molar-refractivity contribution >= 4 is 6.21 Å². The molecule has 0 aliphatic rings. The Balaban J connectivity index is 2.34. The topological polar surface area (TPSA) is 25.5 Å². The summed E-state index contributed by atoms with van der Waals surface area (Å²) in [5.41, 5.74) is 0.968. The highest BCUT2D eigenvalue weighted by atomic mass is 16.3. The van der Waals surface area contributed by atoms with E-state index in [1.807, 2.05) is 43.4 Å². The van der Waals surface area contributed by atoms with Crippen LogP contribution in [0.5, 0.6) is 0 Å². The summed E-state index contributed by atoms with van der Waals surface area (Å²) < 4.78 is 5.11. The number of nitrogens with zero attached hydrogens (tertiary/aromatic N) is 1. The molecule has 1 rings (SSSR count). The van der Waals surface area contributed by atoms with Crippen LogP contribution in [0.1, 0.15) is 12.7 Å². The molecular weight excluding hydrogens is 186 g/mol. The van der Waals surface area contributed by atoms with Crippen LogP contribution in [0, 0.1) is 0 Å². The third kappa shape index (κ3) is 4.81. The van der Waals surface area contributed by atoms with Crippen LogP contribution < -0.4 is 0 Å². The second kappa shape index (κ2) is 6.60. The first-order chi connectivity index (χ1) is 7.33. The van der Waals surface area contributed by atoms with Crippen molar-refractivity contribution in [3.63, 3.8) is 0 Å². The van der Waals surface area contributed by atoms with Gasteiger partial charge in [0.1, 0.15) is 5.76 Å². The van der Waals surface area contributed by atoms with Crippen molar-refractivity contribution in [2.24, 2.45) is 4.99 Å². The van der Waals surface area contributed by atoms with Crippen molar-refractivity contribution in [3.05, 3.63) is 60.6 Å². The third-order valence-corrected chi connectivity index (χ3v) is 1.69. The number of aliphatic imine (C=N–C) groups is 1. The largest absolute Gasteiger partial charge is 0.463 e. The molecule has 78 valence electrons. The van der Waals surface area contributed by atoms with E-state index in [0.29, 0.717) is 6.54 Å². The van der Waals surface area contributed by atoms with Crippen molar-refractivity contribution in [1.29, 1.82) is 0 Å². The lowest BCUT2D eigenvalue weighted by Gasteiger charge is -1.91. The van der Waals surface area contributed by atoms with Crippen molar-refractivity contribution in [2.45, 2.75) is 6.92 Å². The number of allylic oxidation sites excluding steroid dienone is 3. The third-order valence-electron chi connectivity index (χ3n) is 1.69. The SMILES string of the molecule is C=C(C=CC=CC)CN=Cc1ccco1. The van der Waals surface area contributed by atoms with Crippen LogP contribution >= 0.6 is 0 Å². The molecule has 0 aliphatic carbocycles. The second-order valence-corrected chi connectivity index (χ2v) is 3.03. The summed E-state index contributed by atoms with van der Waals surface area (Å²) >= 11 is 0. The van der Waals surface area contributed by atoms with Gasteiger partial charge in [0.25, 0.3) is 0 Å². The van der Waals surface area contributed by atoms with Gasteiger partial charge < -0.3 is 4.42 Å². The van der Waals surface area contributed by atoms with Gasteiger partial charge in [0, 0.05) is 0 Å². The van der Waals surface area contributed by atoms with E-state index in [4.69, 9.17) is 4.42 Å². The summed E-state index contributed by atoms with van der Waals surface area (Å²) in [7, 11) is 0. The van der Waals surface area contributed by atoms with E-state index in [-0.39, 0.29) is 0 Å². The average molecular weight is 201 g/mol. The molecule has 0 bridgehead atoms. The zero-order valence-corrected chi connectivity index (χ0v) is 8.89. The molecule has 0 spiro atoms. The summed E-state index contributed by atoms with van der Waals surface area (Å²) in [6.45, 7) is 6.45. The van der Waals surface area contributed by atoms with Crippen LogP contribution in [-0.2, 0) is 0 Å². The molecule has 1 aromatic heterocycles. The summed E-state index contributed by atoms with van der Waals surface area (Å²) in [5.74, 6) is 0.764. The molecule has 0 aromatic carbocycles. The van der Waals surface area contributed by atoms with Crippen LogP contribution in [0.3, 0.4) is 0 Å². The maximum atomic E-state index is 5.11. The molecule has 0 saturated carbocycles. The van der Waals surface area contributed by atoms with E-state index >= 15 is 0 Å². The molecule has 1 aromatic rings. The zero-order valence-electron chi connectivity index (χ0n) is 8.89. The maximum absolute atomic E-state index is 5.11. The van der Waals surface area contributed by atoms with E-state index in [1.54, 1.807) is 12.5 Å². The first kappa shape index (κ1) is 11.2. The Morgan fingerprint density at radius 1 is 1.53 bits per heavy atom. The molecule has 0 fully saturated rings. The zero-order chi connectivity index (χ0) is 10.9. The second-order valence-electron chi connectivity index (χ2n) is 3.03. The number of hydrogen-bond donors (Lipinski definition) is 0. The number of rotatable bonds is 5.